The number of carbonyl (C=O) groups is 1. The summed E-state index contributed by atoms with van der Waals surface area (Å²) in [6.07, 6.45) is 0. The van der Waals surface area contributed by atoms with Crippen molar-refractivity contribution < 1.29 is 17.8 Å². The molecule has 1 atom stereocenters. The Morgan fingerprint density at radius 3 is 2.67 bits per heavy atom. The molecule has 2 nitrogen and oxygen atoms in total. The van der Waals surface area contributed by atoms with Gasteiger partial charge in [0.15, 0.2) is 5.78 Å². The van der Waals surface area contributed by atoms with Crippen molar-refractivity contribution in [1.82, 2.24) is 0 Å². The maximum atomic E-state index is 13.4. The van der Waals surface area contributed by atoms with Gasteiger partial charge in [-0.3, -0.25) is 9.00 Å². The lowest BCUT2D eigenvalue weighted by Crippen LogP contribution is -2.11. The molecule has 0 spiro atoms. The van der Waals surface area contributed by atoms with Crippen molar-refractivity contribution in [2.24, 2.45) is 0 Å². The number of thiophene rings is 1. The average Bonchev–Trinajstić information content (AvgIpc) is 2.81. The van der Waals surface area contributed by atoms with Crippen LogP contribution in [0.1, 0.15) is 9.67 Å². The van der Waals surface area contributed by atoms with E-state index in [0.717, 1.165) is 12.1 Å². The highest BCUT2D eigenvalue weighted by atomic mass is 32.2. The summed E-state index contributed by atoms with van der Waals surface area (Å²) in [6, 6.07) is 6.10. The fourth-order valence-corrected chi connectivity index (χ4v) is 3.17. The minimum Gasteiger partial charge on any atom is -0.292 e. The van der Waals surface area contributed by atoms with Crippen LogP contribution in [-0.4, -0.2) is 15.7 Å². The SMILES string of the molecule is O=C(CS(=O)c1ccc(F)cc1F)c1cccs1. The fourth-order valence-electron chi connectivity index (χ4n) is 1.37. The van der Waals surface area contributed by atoms with Crippen LogP contribution in [0.5, 0.6) is 0 Å². The Bertz CT molecular complexity index is 594. The van der Waals surface area contributed by atoms with Gasteiger partial charge in [0.05, 0.1) is 26.3 Å². The van der Waals surface area contributed by atoms with Crippen LogP contribution in [-0.2, 0) is 10.8 Å². The van der Waals surface area contributed by atoms with Crippen molar-refractivity contribution in [2.75, 3.05) is 5.75 Å². The van der Waals surface area contributed by atoms with Crippen LogP contribution in [0.4, 0.5) is 8.78 Å². The second-order valence-corrected chi connectivity index (χ2v) is 5.83. The molecule has 1 unspecified atom stereocenters. The van der Waals surface area contributed by atoms with Gasteiger partial charge >= 0.3 is 0 Å². The molecule has 0 aliphatic heterocycles. The fraction of sp³-hybridized carbons (Fsp3) is 0.0833. The van der Waals surface area contributed by atoms with Gasteiger partial charge in [0.2, 0.25) is 0 Å². The zero-order chi connectivity index (χ0) is 13.1. The van der Waals surface area contributed by atoms with Crippen LogP contribution in [0.2, 0.25) is 0 Å². The molecule has 1 aromatic carbocycles. The molecule has 0 radical (unpaired) electrons. The van der Waals surface area contributed by atoms with E-state index >= 15 is 0 Å². The highest BCUT2D eigenvalue weighted by Crippen LogP contribution is 2.16. The molecule has 0 N–H and O–H groups in total. The Labute approximate surface area is 109 Å². The van der Waals surface area contributed by atoms with Crippen LogP contribution in [0.25, 0.3) is 0 Å². The van der Waals surface area contributed by atoms with E-state index in [4.69, 9.17) is 0 Å². The smallest absolute Gasteiger partial charge is 0.185 e. The first-order valence-corrected chi connectivity index (χ1v) is 7.18. The van der Waals surface area contributed by atoms with Crippen LogP contribution in [0.15, 0.2) is 40.6 Å². The van der Waals surface area contributed by atoms with Crippen molar-refractivity contribution in [3.05, 3.63) is 52.2 Å². The van der Waals surface area contributed by atoms with Gasteiger partial charge in [0.25, 0.3) is 0 Å². The van der Waals surface area contributed by atoms with E-state index in [9.17, 15) is 17.8 Å². The summed E-state index contributed by atoms with van der Waals surface area (Å²) in [5.41, 5.74) is 0. The molecule has 1 heterocycles. The molecule has 1 aromatic heterocycles. The van der Waals surface area contributed by atoms with E-state index in [1.54, 1.807) is 17.5 Å². The van der Waals surface area contributed by atoms with E-state index < -0.39 is 22.4 Å². The molecular formula is C12H8F2O2S2. The van der Waals surface area contributed by atoms with Crippen LogP contribution in [0, 0.1) is 11.6 Å². The van der Waals surface area contributed by atoms with Gasteiger partial charge in [0.1, 0.15) is 11.6 Å². The molecule has 0 fully saturated rings. The van der Waals surface area contributed by atoms with Crippen molar-refractivity contribution in [3.63, 3.8) is 0 Å². The maximum Gasteiger partial charge on any atom is 0.185 e. The predicted octanol–water partition coefficient (Wildman–Crippen LogP) is 3.02. The van der Waals surface area contributed by atoms with E-state index in [0.29, 0.717) is 10.9 Å². The number of benzene rings is 1. The monoisotopic (exact) mass is 286 g/mol. The lowest BCUT2D eigenvalue weighted by Gasteiger charge is -2.02. The molecule has 0 bridgehead atoms. The first-order valence-electron chi connectivity index (χ1n) is 4.98. The molecule has 0 saturated heterocycles. The van der Waals surface area contributed by atoms with Gasteiger partial charge in [-0.2, -0.15) is 0 Å². The maximum absolute atomic E-state index is 13.4. The standard InChI is InChI=1S/C12H8F2O2S2/c13-8-3-4-12(9(14)6-8)18(16)7-10(15)11-2-1-5-17-11/h1-6H,7H2. The van der Waals surface area contributed by atoms with Gasteiger partial charge < -0.3 is 0 Å². The molecule has 94 valence electrons. The summed E-state index contributed by atoms with van der Waals surface area (Å²) < 4.78 is 37.9. The third kappa shape index (κ3) is 2.88. The summed E-state index contributed by atoms with van der Waals surface area (Å²) in [6.45, 7) is 0. The van der Waals surface area contributed by atoms with Gasteiger partial charge in [0, 0.05) is 6.07 Å². The minimum atomic E-state index is -1.80. The van der Waals surface area contributed by atoms with Crippen molar-refractivity contribution >= 4 is 27.9 Å². The number of carbonyl (C=O) groups excluding carboxylic acids is 1. The number of Topliss-reactive ketones (excluding diaryl/α,β-unsaturated/α-hetero) is 1. The largest absolute Gasteiger partial charge is 0.292 e. The number of hydrogen-bond acceptors (Lipinski definition) is 3. The predicted molar refractivity (Wildman–Crippen MR) is 66.3 cm³/mol. The van der Waals surface area contributed by atoms with Crippen molar-refractivity contribution in [1.29, 1.82) is 0 Å². The zero-order valence-electron chi connectivity index (χ0n) is 9.06. The third-order valence-electron chi connectivity index (χ3n) is 2.20. The molecule has 0 aliphatic carbocycles. The number of rotatable bonds is 4. The van der Waals surface area contributed by atoms with Crippen LogP contribution in [0.3, 0.4) is 0 Å². The summed E-state index contributed by atoms with van der Waals surface area (Å²) in [5.74, 6) is -2.25. The zero-order valence-corrected chi connectivity index (χ0v) is 10.7. The molecular weight excluding hydrogens is 278 g/mol. The summed E-state index contributed by atoms with van der Waals surface area (Å²) >= 11 is 1.24. The average molecular weight is 286 g/mol. The number of hydrogen-bond donors (Lipinski definition) is 0. The number of halogens is 2. The first-order chi connectivity index (χ1) is 8.58. The van der Waals surface area contributed by atoms with Crippen molar-refractivity contribution in [3.8, 4) is 0 Å². The van der Waals surface area contributed by atoms with Crippen molar-refractivity contribution in [2.45, 2.75) is 4.90 Å². The van der Waals surface area contributed by atoms with Gasteiger partial charge in [-0.15, -0.1) is 11.3 Å². The topological polar surface area (TPSA) is 34.1 Å². The molecule has 6 heteroatoms. The molecule has 0 amide bonds. The van der Waals surface area contributed by atoms with E-state index in [1.807, 2.05) is 0 Å². The van der Waals surface area contributed by atoms with Crippen LogP contribution >= 0.6 is 11.3 Å². The highest BCUT2D eigenvalue weighted by molar-refractivity contribution is 7.85. The van der Waals surface area contributed by atoms with Gasteiger partial charge in [-0.25, -0.2) is 8.78 Å². The summed E-state index contributed by atoms with van der Waals surface area (Å²) in [5, 5.41) is 1.73. The highest BCUT2D eigenvalue weighted by Gasteiger charge is 2.16. The Morgan fingerprint density at radius 1 is 1.28 bits per heavy atom. The van der Waals surface area contributed by atoms with E-state index in [-0.39, 0.29) is 16.4 Å². The Kier molecular flexibility index (Phi) is 3.98. The second-order valence-electron chi connectivity index (χ2n) is 3.47. The third-order valence-corrected chi connectivity index (χ3v) is 4.45. The Morgan fingerprint density at radius 2 is 2.06 bits per heavy atom. The Balaban J connectivity index is 2.15. The normalized spacial score (nSPS) is 12.3. The molecule has 0 aliphatic rings. The van der Waals surface area contributed by atoms with E-state index in [2.05, 4.69) is 0 Å². The molecule has 2 rings (SSSR count). The quantitative estimate of drug-likeness (QED) is 0.810. The minimum absolute atomic E-state index is 0.152. The van der Waals surface area contributed by atoms with Gasteiger partial charge in [-0.1, -0.05) is 6.07 Å². The molecule has 2 aromatic rings. The van der Waals surface area contributed by atoms with Crippen LogP contribution < -0.4 is 0 Å². The number of ketones is 1. The second kappa shape index (κ2) is 5.49. The summed E-state index contributed by atoms with van der Waals surface area (Å²) in [4.78, 5) is 12.0. The summed E-state index contributed by atoms with van der Waals surface area (Å²) in [7, 11) is -1.80. The Hall–Kier alpha value is -1.40. The lowest BCUT2D eigenvalue weighted by atomic mass is 10.3. The van der Waals surface area contributed by atoms with Gasteiger partial charge in [-0.05, 0) is 23.6 Å². The van der Waals surface area contributed by atoms with E-state index in [1.165, 1.54) is 11.3 Å². The first kappa shape index (κ1) is 13.0. The molecule has 18 heavy (non-hydrogen) atoms. The molecule has 0 saturated carbocycles. The lowest BCUT2D eigenvalue weighted by molar-refractivity contribution is 0.102.